The largest absolute Gasteiger partial charge is 0.476 e. The van der Waals surface area contributed by atoms with E-state index in [1.807, 2.05) is 0 Å². The van der Waals surface area contributed by atoms with Gasteiger partial charge in [0.25, 0.3) is 0 Å². The average molecular weight is 344 g/mol. The predicted molar refractivity (Wildman–Crippen MR) is 67.2 cm³/mol. The quantitative estimate of drug-likeness (QED) is 0.394. The van der Waals surface area contributed by atoms with E-state index in [1.54, 1.807) is 0 Å². The number of halogens is 5. The molecule has 0 aliphatic heterocycles. The van der Waals surface area contributed by atoms with Crippen LogP contribution in [0.4, 0.5) is 13.2 Å². The molecular weight excluding hydrogens is 338 g/mol. The molecule has 0 fully saturated rings. The molecule has 0 atom stereocenters. The maximum atomic E-state index is 12.5. The number of rotatable bonds is 4. The Morgan fingerprint density at radius 2 is 1.90 bits per heavy atom. The van der Waals surface area contributed by atoms with E-state index in [9.17, 15) is 22.8 Å². The average Bonchev–Trinajstić information content (AvgIpc) is 2.37. The minimum Gasteiger partial charge on any atom is -0.476 e. The van der Waals surface area contributed by atoms with Crippen LogP contribution in [0.1, 0.15) is 11.1 Å². The molecule has 0 unspecified atom stereocenters. The van der Waals surface area contributed by atoms with Crippen LogP contribution in [0.15, 0.2) is 29.4 Å². The van der Waals surface area contributed by atoms with E-state index in [0.29, 0.717) is 6.07 Å². The molecule has 0 spiro atoms. The fourth-order valence-electron chi connectivity index (χ4n) is 1.19. The number of aliphatic carboxylic acids is 1. The van der Waals surface area contributed by atoms with Gasteiger partial charge in [-0.15, -0.1) is 0 Å². The second-order valence-electron chi connectivity index (χ2n) is 3.53. The zero-order chi connectivity index (χ0) is 16.2. The minimum atomic E-state index is -4.66. The molecule has 1 rings (SSSR count). The van der Waals surface area contributed by atoms with Gasteiger partial charge in [-0.05, 0) is 12.1 Å². The van der Waals surface area contributed by atoms with Gasteiger partial charge < -0.3 is 9.94 Å². The normalized spacial score (nSPS) is 12.4. The van der Waals surface area contributed by atoms with Crippen LogP contribution in [0.3, 0.4) is 0 Å². The van der Waals surface area contributed by atoms with Crippen molar-refractivity contribution in [1.82, 2.24) is 0 Å². The van der Waals surface area contributed by atoms with Crippen LogP contribution in [-0.2, 0) is 20.6 Å². The number of carbonyl (C=O) groups is 2. The Morgan fingerprint density at radius 3 is 2.38 bits per heavy atom. The molecule has 0 aliphatic carbocycles. The summed E-state index contributed by atoms with van der Waals surface area (Å²) in [6.45, 7) is 0. The number of alkyl halides is 5. The molecule has 0 aromatic heterocycles. The van der Waals surface area contributed by atoms with Crippen LogP contribution >= 0.6 is 23.2 Å². The standard InChI is InChI=1S/C11H6Cl2F3NO4/c12-8(13)10(20)21-17-7(9(18)19)5-2-1-3-6(4-5)11(14,15)16/h1-4,8H,(H,18,19). The van der Waals surface area contributed by atoms with Crippen molar-refractivity contribution in [2.75, 3.05) is 0 Å². The molecule has 114 valence electrons. The summed E-state index contributed by atoms with van der Waals surface area (Å²) < 4.78 is 37.6. The molecule has 1 aromatic rings. The maximum absolute atomic E-state index is 12.5. The van der Waals surface area contributed by atoms with E-state index in [1.165, 1.54) is 0 Å². The Labute approximate surface area is 125 Å². The Morgan fingerprint density at radius 1 is 1.29 bits per heavy atom. The molecule has 5 nitrogen and oxygen atoms in total. The zero-order valence-electron chi connectivity index (χ0n) is 9.90. The Kier molecular flexibility index (Phi) is 5.56. The number of carboxylic acids is 1. The summed E-state index contributed by atoms with van der Waals surface area (Å²) in [5.41, 5.74) is -2.37. The third-order valence-corrected chi connectivity index (χ3v) is 2.43. The first-order valence-electron chi connectivity index (χ1n) is 5.11. The van der Waals surface area contributed by atoms with Crippen molar-refractivity contribution in [1.29, 1.82) is 0 Å². The smallest absolute Gasteiger partial charge is 0.416 e. The molecule has 0 saturated heterocycles. The summed E-state index contributed by atoms with van der Waals surface area (Å²) in [7, 11) is 0. The molecule has 0 aliphatic rings. The fourth-order valence-corrected chi connectivity index (χ4v) is 1.27. The Bertz CT molecular complexity index is 587. The molecule has 0 amide bonds. The second-order valence-corrected chi connectivity index (χ2v) is 4.63. The lowest BCUT2D eigenvalue weighted by molar-refractivity contribution is -0.141. The van der Waals surface area contributed by atoms with Gasteiger partial charge in [-0.2, -0.15) is 13.2 Å². The van der Waals surface area contributed by atoms with E-state index in [4.69, 9.17) is 28.3 Å². The van der Waals surface area contributed by atoms with Gasteiger partial charge >= 0.3 is 18.1 Å². The highest BCUT2D eigenvalue weighted by Crippen LogP contribution is 2.29. The highest BCUT2D eigenvalue weighted by atomic mass is 35.5. The number of oxime groups is 1. The van der Waals surface area contributed by atoms with Gasteiger partial charge in [0.2, 0.25) is 4.84 Å². The summed E-state index contributed by atoms with van der Waals surface area (Å²) in [5.74, 6) is -2.95. The van der Waals surface area contributed by atoms with Crippen LogP contribution in [0.25, 0.3) is 0 Å². The van der Waals surface area contributed by atoms with Crippen LogP contribution in [0, 0.1) is 0 Å². The molecule has 0 heterocycles. The maximum Gasteiger partial charge on any atom is 0.416 e. The topological polar surface area (TPSA) is 76.0 Å². The van der Waals surface area contributed by atoms with Crippen molar-refractivity contribution >= 4 is 40.9 Å². The predicted octanol–water partition coefficient (Wildman–Crippen LogP) is 2.84. The highest BCUT2D eigenvalue weighted by Gasteiger charge is 2.31. The number of hydrogen-bond donors (Lipinski definition) is 1. The summed E-state index contributed by atoms with van der Waals surface area (Å²) in [6.07, 6.45) is -4.66. The zero-order valence-corrected chi connectivity index (χ0v) is 11.4. The SMILES string of the molecule is O=C(O)C(=NOC(=O)C(Cl)Cl)c1cccc(C(F)(F)F)c1. The van der Waals surface area contributed by atoms with E-state index >= 15 is 0 Å². The third kappa shape index (κ3) is 4.91. The van der Waals surface area contributed by atoms with Crippen molar-refractivity contribution in [3.8, 4) is 0 Å². The van der Waals surface area contributed by atoms with Gasteiger partial charge in [0, 0.05) is 5.56 Å². The highest BCUT2D eigenvalue weighted by molar-refractivity contribution is 6.53. The monoisotopic (exact) mass is 343 g/mol. The number of hydrogen-bond acceptors (Lipinski definition) is 4. The summed E-state index contributed by atoms with van der Waals surface area (Å²) in [5, 5.41) is 11.9. The molecule has 1 aromatic carbocycles. The van der Waals surface area contributed by atoms with Crippen LogP contribution in [0.2, 0.25) is 0 Å². The Balaban J connectivity index is 3.15. The van der Waals surface area contributed by atoms with E-state index in [-0.39, 0.29) is 0 Å². The number of carboxylic acid groups (broad SMARTS) is 1. The van der Waals surface area contributed by atoms with Crippen LogP contribution in [-0.4, -0.2) is 27.6 Å². The number of benzene rings is 1. The van der Waals surface area contributed by atoms with E-state index < -0.39 is 39.8 Å². The van der Waals surface area contributed by atoms with E-state index in [0.717, 1.165) is 18.2 Å². The summed E-state index contributed by atoms with van der Waals surface area (Å²) in [4.78, 5) is 24.5. The lowest BCUT2D eigenvalue weighted by Gasteiger charge is -2.08. The van der Waals surface area contributed by atoms with Crippen molar-refractivity contribution in [2.24, 2.45) is 5.16 Å². The van der Waals surface area contributed by atoms with E-state index in [2.05, 4.69) is 9.99 Å². The van der Waals surface area contributed by atoms with Gasteiger partial charge in [-0.25, -0.2) is 9.59 Å². The first kappa shape index (κ1) is 17.3. The van der Waals surface area contributed by atoms with Crippen molar-refractivity contribution in [3.05, 3.63) is 35.4 Å². The molecule has 0 bridgehead atoms. The summed E-state index contributed by atoms with van der Waals surface area (Å²) in [6, 6.07) is 3.36. The Hall–Kier alpha value is -1.80. The van der Waals surface area contributed by atoms with Crippen LogP contribution in [0.5, 0.6) is 0 Å². The lowest BCUT2D eigenvalue weighted by Crippen LogP contribution is -2.18. The first-order chi connectivity index (χ1) is 9.62. The molecular formula is C11H6Cl2F3NO4. The number of carbonyl (C=O) groups excluding carboxylic acids is 1. The van der Waals surface area contributed by atoms with Gasteiger partial charge in [0.1, 0.15) is 0 Å². The van der Waals surface area contributed by atoms with Gasteiger partial charge in [-0.1, -0.05) is 40.5 Å². The van der Waals surface area contributed by atoms with Gasteiger partial charge in [0.15, 0.2) is 5.71 Å². The molecule has 0 radical (unpaired) electrons. The van der Waals surface area contributed by atoms with Gasteiger partial charge in [-0.3, -0.25) is 0 Å². The lowest BCUT2D eigenvalue weighted by atomic mass is 10.1. The molecule has 21 heavy (non-hydrogen) atoms. The second kappa shape index (κ2) is 6.77. The van der Waals surface area contributed by atoms with Crippen molar-refractivity contribution < 1.29 is 32.7 Å². The van der Waals surface area contributed by atoms with Crippen molar-refractivity contribution in [3.63, 3.8) is 0 Å². The molecule has 1 N–H and O–H groups in total. The number of nitrogens with zero attached hydrogens (tertiary/aromatic N) is 1. The first-order valence-corrected chi connectivity index (χ1v) is 5.98. The minimum absolute atomic E-state index is 0.397. The van der Waals surface area contributed by atoms with Crippen LogP contribution < -0.4 is 0 Å². The third-order valence-electron chi connectivity index (χ3n) is 2.07. The molecule has 10 heteroatoms. The summed E-state index contributed by atoms with van der Waals surface area (Å²) >= 11 is 10.3. The molecule has 0 saturated carbocycles. The fraction of sp³-hybridized carbons (Fsp3) is 0.182. The van der Waals surface area contributed by atoms with Gasteiger partial charge in [0.05, 0.1) is 5.56 Å². The van der Waals surface area contributed by atoms with Crippen molar-refractivity contribution in [2.45, 2.75) is 11.0 Å².